The van der Waals surface area contributed by atoms with Crippen LogP contribution in [0.25, 0.3) is 53.2 Å². The number of hydrogen-bond acceptors (Lipinski definition) is 4. The number of allylic oxidation sites excluding steroid dienone is 2. The summed E-state index contributed by atoms with van der Waals surface area (Å²) in [5.74, 6) is 1.65. The van der Waals surface area contributed by atoms with Crippen molar-refractivity contribution < 1.29 is 34.6 Å². The van der Waals surface area contributed by atoms with Gasteiger partial charge in [-0.1, -0.05) is 103 Å². The van der Waals surface area contributed by atoms with Gasteiger partial charge in [-0.3, -0.25) is 4.79 Å². The van der Waals surface area contributed by atoms with E-state index in [1.54, 1.807) is 11.3 Å². The number of benzene rings is 3. The first-order chi connectivity index (χ1) is 24.5. The summed E-state index contributed by atoms with van der Waals surface area (Å²) in [6, 6.07) is 25.9. The monoisotopic (exact) mass is 892 g/mol. The predicted octanol–water partition coefficient (Wildman–Crippen LogP) is 12.4. The number of nitrogens with zero attached hydrogens (tertiary/aromatic N) is 2. The molecule has 277 valence electrons. The normalized spacial score (nSPS) is 12.0. The molecule has 1 N–H and O–H groups in total. The Hall–Kier alpha value is -3.57. The van der Waals surface area contributed by atoms with E-state index >= 15 is 0 Å². The van der Waals surface area contributed by atoms with E-state index in [9.17, 15) is 9.90 Å². The van der Waals surface area contributed by atoms with Crippen molar-refractivity contribution >= 4 is 59.1 Å². The molecule has 3 heterocycles. The van der Waals surface area contributed by atoms with Crippen LogP contribution in [-0.4, -0.2) is 15.9 Å². The number of carbonyl (C=O) groups excluding carboxylic acids is 1. The van der Waals surface area contributed by atoms with E-state index in [1.807, 2.05) is 40.0 Å². The van der Waals surface area contributed by atoms with Gasteiger partial charge in [-0.15, -0.1) is 17.7 Å². The van der Waals surface area contributed by atoms with E-state index in [2.05, 4.69) is 105 Å². The molecule has 6 heteroatoms. The van der Waals surface area contributed by atoms with Crippen molar-refractivity contribution in [2.75, 3.05) is 0 Å². The Kier molecular flexibility index (Phi) is 14.6. The molecule has 0 amide bonds. The molecule has 6 aromatic rings. The summed E-state index contributed by atoms with van der Waals surface area (Å²) in [7, 11) is 4.59. The van der Waals surface area contributed by atoms with Crippen LogP contribution in [0.3, 0.4) is 0 Å². The molecule has 0 fully saturated rings. The maximum absolute atomic E-state index is 11.7. The summed E-state index contributed by atoms with van der Waals surface area (Å²) < 4.78 is 3.37. The summed E-state index contributed by atoms with van der Waals surface area (Å²) in [4.78, 5) is 17.5. The average Bonchev–Trinajstić information content (AvgIpc) is 3.48. The van der Waals surface area contributed by atoms with Crippen LogP contribution in [0.5, 0.6) is 0 Å². The Balaban J connectivity index is 0.000000323. The molecule has 6 rings (SSSR count). The van der Waals surface area contributed by atoms with Gasteiger partial charge in [0.05, 0.1) is 5.76 Å². The number of aliphatic hydroxyl groups is 1. The predicted molar refractivity (Wildman–Crippen MR) is 218 cm³/mol. The summed E-state index contributed by atoms with van der Waals surface area (Å²) in [6.07, 6.45) is 8.80. The molecule has 0 aliphatic rings. The van der Waals surface area contributed by atoms with Crippen LogP contribution < -0.4 is 4.57 Å². The summed E-state index contributed by atoms with van der Waals surface area (Å²) >= 11 is 1.76. The van der Waals surface area contributed by atoms with Crippen LogP contribution in [0.4, 0.5) is 0 Å². The van der Waals surface area contributed by atoms with Crippen LogP contribution in [-0.2, 0) is 37.7 Å². The summed E-state index contributed by atoms with van der Waals surface area (Å²) in [5.41, 5.74) is 6.05. The van der Waals surface area contributed by atoms with E-state index in [0.717, 1.165) is 60.1 Å². The maximum atomic E-state index is 11.7. The second-order valence-corrected chi connectivity index (χ2v) is 15.7. The number of aromatic nitrogens is 2. The Labute approximate surface area is 328 Å². The second-order valence-electron chi connectivity index (χ2n) is 14.7. The van der Waals surface area contributed by atoms with Gasteiger partial charge in [0.2, 0.25) is 0 Å². The molecule has 0 bridgehead atoms. The molecule has 0 atom stereocenters. The van der Waals surface area contributed by atoms with E-state index in [0.29, 0.717) is 11.8 Å². The zero-order valence-electron chi connectivity index (χ0n) is 32.2. The van der Waals surface area contributed by atoms with Gasteiger partial charge in [0.25, 0.3) is 0 Å². The fraction of sp³-hybridized carbons (Fsp3) is 0.391. The third kappa shape index (κ3) is 8.96. The van der Waals surface area contributed by atoms with Crippen molar-refractivity contribution in [1.29, 1.82) is 0 Å². The van der Waals surface area contributed by atoms with E-state index in [1.165, 1.54) is 48.8 Å². The number of pyridine rings is 2. The molecular weight excluding hydrogens is 837 g/mol. The van der Waals surface area contributed by atoms with Crippen LogP contribution in [0.2, 0.25) is 0 Å². The van der Waals surface area contributed by atoms with E-state index in [4.69, 9.17) is 0 Å². The number of ketones is 1. The van der Waals surface area contributed by atoms with Gasteiger partial charge in [0, 0.05) is 56.6 Å². The van der Waals surface area contributed by atoms with Crippen molar-refractivity contribution in [3.05, 3.63) is 103 Å². The zero-order valence-corrected chi connectivity index (χ0v) is 35.4. The van der Waals surface area contributed by atoms with Gasteiger partial charge in [-0.2, -0.15) is 11.3 Å². The van der Waals surface area contributed by atoms with Crippen molar-refractivity contribution in [1.82, 2.24) is 4.98 Å². The van der Waals surface area contributed by atoms with Crippen molar-refractivity contribution in [2.45, 2.75) is 93.9 Å². The molecule has 1 radical (unpaired) electrons. The molecule has 0 aliphatic carbocycles. The van der Waals surface area contributed by atoms with Crippen LogP contribution in [0.1, 0.15) is 92.2 Å². The van der Waals surface area contributed by atoms with Gasteiger partial charge in [-0.25, -0.2) is 4.98 Å². The first-order valence-electron chi connectivity index (χ1n) is 18.9. The Bertz CT molecular complexity index is 2170. The molecular formula is C46H55IrN2O2S-. The number of rotatable bonds is 12. The third-order valence-corrected chi connectivity index (χ3v) is 11.2. The largest absolute Gasteiger partial charge is 0.512 e. The standard InChI is InChI=1S/C33H31N2S.C13H24O2.Ir/c1-20(2)15-22-17-27-26-11-8-14-34-33(26)36-32(27)28(18-22)30-19-24(16-21(3)4)31-25-10-7-6-9-23(25)12-13-29(31)35(30)5;1-5-10(6-2)12(14)9-13(15)11(7-3)8-4;/h6-14,17,19-21H,5,15-16H2,1-4H3;9-11,14H,5-8H2,1-4H3;/q-1;;/b;12-9-;. The smallest absolute Gasteiger partial charge is 0.162 e. The number of carbonyl (C=O) groups is 1. The van der Waals surface area contributed by atoms with Crippen molar-refractivity contribution in [3.63, 3.8) is 0 Å². The average molecular weight is 892 g/mol. The molecule has 0 spiro atoms. The summed E-state index contributed by atoms with van der Waals surface area (Å²) in [6.45, 7) is 17.2. The second kappa shape index (κ2) is 18.5. The molecule has 0 unspecified atom stereocenters. The van der Waals surface area contributed by atoms with Gasteiger partial charge < -0.3 is 9.67 Å². The fourth-order valence-corrected chi connectivity index (χ4v) is 8.42. The quantitative estimate of drug-likeness (QED) is 0.0438. The van der Waals surface area contributed by atoms with Gasteiger partial charge in [0.1, 0.15) is 16.0 Å². The first-order valence-corrected chi connectivity index (χ1v) is 19.7. The zero-order chi connectivity index (χ0) is 36.8. The van der Waals surface area contributed by atoms with Crippen LogP contribution in [0, 0.1) is 36.8 Å². The van der Waals surface area contributed by atoms with Crippen molar-refractivity contribution in [3.8, 4) is 11.3 Å². The first kappa shape index (κ1) is 41.2. The fourth-order valence-electron chi connectivity index (χ4n) is 7.29. The summed E-state index contributed by atoms with van der Waals surface area (Å²) in [5, 5.41) is 16.1. The number of aliphatic hydroxyl groups excluding tert-OH is 1. The van der Waals surface area contributed by atoms with E-state index < -0.39 is 0 Å². The van der Waals surface area contributed by atoms with Crippen LogP contribution >= 0.6 is 11.3 Å². The van der Waals surface area contributed by atoms with E-state index in [-0.39, 0.29) is 43.5 Å². The van der Waals surface area contributed by atoms with Gasteiger partial charge in [0.15, 0.2) is 5.78 Å². The molecule has 3 aromatic heterocycles. The molecule has 0 aliphatic heterocycles. The van der Waals surface area contributed by atoms with Gasteiger partial charge in [-0.05, 0) is 95.0 Å². The Morgan fingerprint density at radius 1 is 0.865 bits per heavy atom. The molecule has 3 aromatic carbocycles. The SMILES string of the molecule is CCC(CC)C(=O)/C=C(\O)C(CC)CC.[CH2-][n+]1c(-c2[c-]c(CC(C)C)cc3c2sc2ncccc23)cc(CC(C)C)c2c3ccccc3ccc21.[Ir]. The molecule has 52 heavy (non-hydrogen) atoms. The number of thiophene rings is 1. The Morgan fingerprint density at radius 2 is 1.52 bits per heavy atom. The minimum atomic E-state index is 0. The molecule has 4 nitrogen and oxygen atoms in total. The van der Waals surface area contributed by atoms with Crippen molar-refractivity contribution in [2.24, 2.45) is 23.7 Å². The minimum Gasteiger partial charge on any atom is -0.512 e. The maximum Gasteiger partial charge on any atom is 0.162 e. The number of fused-ring (bicyclic) bond motifs is 6. The van der Waals surface area contributed by atoms with Crippen LogP contribution in [0.15, 0.2) is 78.7 Å². The Morgan fingerprint density at radius 3 is 2.17 bits per heavy atom. The number of hydrogen-bond donors (Lipinski definition) is 1. The third-order valence-electron chi connectivity index (χ3n) is 10.1. The van der Waals surface area contributed by atoms with Gasteiger partial charge >= 0.3 is 0 Å². The molecule has 0 saturated heterocycles. The molecule has 0 saturated carbocycles. The topological polar surface area (TPSA) is 54.1 Å². The minimum absolute atomic E-state index is 0.